The largest absolute Gasteiger partial charge is 0.508 e. The average Bonchev–Trinajstić information content (AvgIpc) is 2.48. The Labute approximate surface area is 124 Å². The van der Waals surface area contributed by atoms with Crippen LogP contribution < -0.4 is 15.0 Å². The first-order valence-electron chi connectivity index (χ1n) is 6.60. The topological polar surface area (TPSA) is 65.0 Å². The highest BCUT2D eigenvalue weighted by molar-refractivity contribution is 5.77. The molecule has 0 heterocycles. The smallest absolute Gasteiger partial charge is 0.184 e. The van der Waals surface area contributed by atoms with Gasteiger partial charge in [-0.1, -0.05) is 6.07 Å². The van der Waals surface area contributed by atoms with Gasteiger partial charge in [-0.25, -0.2) is 0 Å². The Kier molecular flexibility index (Phi) is 4.12. The number of hydrogen-bond acceptors (Lipinski definition) is 5. The van der Waals surface area contributed by atoms with Gasteiger partial charge < -0.3 is 25.2 Å². The van der Waals surface area contributed by atoms with Crippen LogP contribution in [0.5, 0.6) is 17.2 Å². The van der Waals surface area contributed by atoms with Gasteiger partial charge in [0.05, 0.1) is 12.8 Å². The summed E-state index contributed by atoms with van der Waals surface area (Å²) in [7, 11) is 5.14. The van der Waals surface area contributed by atoms with Crippen molar-refractivity contribution in [3.05, 3.63) is 35.9 Å². The third-order valence-electron chi connectivity index (χ3n) is 3.48. The van der Waals surface area contributed by atoms with Gasteiger partial charge in [0.2, 0.25) is 0 Å². The molecule has 2 aromatic rings. The van der Waals surface area contributed by atoms with Crippen LogP contribution in [0.15, 0.2) is 30.3 Å². The van der Waals surface area contributed by atoms with Gasteiger partial charge in [-0.15, -0.1) is 0 Å². The van der Waals surface area contributed by atoms with E-state index in [9.17, 15) is 10.2 Å². The van der Waals surface area contributed by atoms with Crippen molar-refractivity contribution in [3.63, 3.8) is 0 Å². The lowest BCUT2D eigenvalue weighted by Crippen LogP contribution is -2.11. The Bertz CT molecular complexity index is 656. The minimum atomic E-state index is 0.0579. The van der Waals surface area contributed by atoms with Crippen molar-refractivity contribution in [1.29, 1.82) is 0 Å². The second-order valence-corrected chi connectivity index (χ2v) is 4.83. The zero-order chi connectivity index (χ0) is 15.6. The van der Waals surface area contributed by atoms with E-state index in [4.69, 9.17) is 4.74 Å². The van der Waals surface area contributed by atoms with E-state index >= 15 is 0 Å². The predicted molar refractivity (Wildman–Crippen MR) is 85.1 cm³/mol. The normalized spacial score (nSPS) is 10.3. The van der Waals surface area contributed by atoms with Crippen LogP contribution in [0.25, 0.3) is 0 Å². The number of rotatable bonds is 4. The van der Waals surface area contributed by atoms with Gasteiger partial charge in [-0.2, -0.15) is 0 Å². The van der Waals surface area contributed by atoms with E-state index in [-0.39, 0.29) is 11.5 Å². The van der Waals surface area contributed by atoms with E-state index in [0.717, 1.165) is 16.9 Å². The van der Waals surface area contributed by atoms with Crippen molar-refractivity contribution in [2.24, 2.45) is 0 Å². The Balaban J connectivity index is 2.53. The van der Waals surface area contributed by atoms with Crippen LogP contribution in [0.3, 0.4) is 0 Å². The highest BCUT2D eigenvalue weighted by atomic mass is 16.5. The molecule has 2 rings (SSSR count). The monoisotopic (exact) mass is 288 g/mol. The van der Waals surface area contributed by atoms with Crippen LogP contribution in [-0.4, -0.2) is 31.4 Å². The number of nitrogens with one attached hydrogen (secondary N) is 1. The molecule has 3 N–H and O–H groups in total. The van der Waals surface area contributed by atoms with Gasteiger partial charge in [-0.05, 0) is 24.6 Å². The molecule has 21 heavy (non-hydrogen) atoms. The van der Waals surface area contributed by atoms with Crippen molar-refractivity contribution < 1.29 is 14.9 Å². The van der Waals surface area contributed by atoms with Crippen molar-refractivity contribution in [2.45, 2.75) is 6.92 Å². The minimum absolute atomic E-state index is 0.0579. The first kappa shape index (κ1) is 14.8. The third-order valence-corrected chi connectivity index (χ3v) is 3.48. The maximum Gasteiger partial charge on any atom is 0.184 e. The summed E-state index contributed by atoms with van der Waals surface area (Å²) in [4.78, 5) is 1.85. The van der Waals surface area contributed by atoms with Crippen molar-refractivity contribution in [3.8, 4) is 17.2 Å². The molecule has 0 aromatic heterocycles. The van der Waals surface area contributed by atoms with E-state index in [2.05, 4.69) is 5.32 Å². The number of aryl methyl sites for hydroxylation is 1. The van der Waals surface area contributed by atoms with Crippen LogP contribution in [0, 0.1) is 6.92 Å². The number of hydrogen-bond donors (Lipinski definition) is 3. The molecule has 0 saturated carbocycles. The molecule has 0 bridgehead atoms. The molecule has 0 saturated heterocycles. The summed E-state index contributed by atoms with van der Waals surface area (Å²) in [5.41, 5.74) is 3.08. The molecule has 112 valence electrons. The number of ether oxygens (including phenoxy) is 1. The summed E-state index contributed by atoms with van der Waals surface area (Å²) >= 11 is 0. The Morgan fingerprint density at radius 2 is 1.81 bits per heavy atom. The van der Waals surface area contributed by atoms with E-state index in [1.54, 1.807) is 19.2 Å². The maximum atomic E-state index is 10.1. The molecule has 0 amide bonds. The molecule has 2 aromatic carbocycles. The van der Waals surface area contributed by atoms with E-state index in [1.165, 1.54) is 7.11 Å². The molecule has 0 aliphatic heterocycles. The Hall–Kier alpha value is -2.56. The third kappa shape index (κ3) is 2.81. The van der Waals surface area contributed by atoms with Crippen LogP contribution in [0.1, 0.15) is 5.56 Å². The van der Waals surface area contributed by atoms with Crippen LogP contribution in [-0.2, 0) is 0 Å². The fraction of sp³-hybridized carbons (Fsp3) is 0.250. The molecule has 0 unspecified atom stereocenters. The van der Waals surface area contributed by atoms with Gasteiger partial charge in [0.25, 0.3) is 0 Å². The summed E-state index contributed by atoms with van der Waals surface area (Å²) in [5, 5.41) is 22.9. The van der Waals surface area contributed by atoms with Gasteiger partial charge in [0, 0.05) is 37.6 Å². The fourth-order valence-corrected chi connectivity index (χ4v) is 2.15. The number of benzene rings is 2. The van der Waals surface area contributed by atoms with Crippen molar-refractivity contribution in [1.82, 2.24) is 0 Å². The highest BCUT2D eigenvalue weighted by Gasteiger charge is 2.16. The first-order valence-corrected chi connectivity index (χ1v) is 6.60. The molecule has 0 aliphatic carbocycles. The van der Waals surface area contributed by atoms with Gasteiger partial charge in [-0.3, -0.25) is 0 Å². The Morgan fingerprint density at radius 3 is 2.38 bits per heavy atom. The van der Waals surface area contributed by atoms with E-state index < -0.39 is 0 Å². The molecular formula is C16H20N2O3. The summed E-state index contributed by atoms with van der Waals surface area (Å²) < 4.78 is 5.29. The van der Waals surface area contributed by atoms with E-state index in [0.29, 0.717) is 11.4 Å². The number of nitrogens with zero attached hydrogens (tertiary/aromatic N) is 1. The molecular weight excluding hydrogens is 268 g/mol. The minimum Gasteiger partial charge on any atom is -0.508 e. The molecule has 0 atom stereocenters. The van der Waals surface area contributed by atoms with Gasteiger partial charge in [0.1, 0.15) is 5.75 Å². The number of phenols is 2. The molecule has 0 fully saturated rings. The molecule has 0 radical (unpaired) electrons. The molecule has 0 spiro atoms. The second kappa shape index (κ2) is 5.83. The lowest BCUT2D eigenvalue weighted by Gasteiger charge is -2.23. The van der Waals surface area contributed by atoms with Crippen molar-refractivity contribution in [2.75, 3.05) is 31.4 Å². The predicted octanol–water partition coefficient (Wildman–Crippen LogP) is 3.22. The summed E-state index contributed by atoms with van der Waals surface area (Å²) in [6, 6.07) is 8.89. The van der Waals surface area contributed by atoms with Crippen molar-refractivity contribution >= 4 is 17.1 Å². The number of aromatic hydroxyl groups is 2. The second-order valence-electron chi connectivity index (χ2n) is 4.83. The van der Waals surface area contributed by atoms with Gasteiger partial charge >= 0.3 is 0 Å². The number of anilines is 3. The zero-order valence-electron chi connectivity index (χ0n) is 12.6. The summed E-state index contributed by atoms with van der Waals surface area (Å²) in [6.07, 6.45) is 0. The zero-order valence-corrected chi connectivity index (χ0v) is 12.6. The standard InChI is InChI=1S/C16H20N2O3/c1-10-5-6-12(9-14(10)19)18(3)13-7-11(17-2)8-15(20)16(13)21-4/h5-9,17,19-20H,1-4H3. The highest BCUT2D eigenvalue weighted by Crippen LogP contribution is 2.42. The number of phenolic OH excluding ortho intramolecular Hbond substituents is 2. The Morgan fingerprint density at radius 1 is 1.10 bits per heavy atom. The average molecular weight is 288 g/mol. The lowest BCUT2D eigenvalue weighted by atomic mass is 10.1. The number of methoxy groups -OCH3 is 1. The van der Waals surface area contributed by atoms with Crippen LogP contribution in [0.2, 0.25) is 0 Å². The van der Waals surface area contributed by atoms with Crippen LogP contribution in [0.4, 0.5) is 17.1 Å². The molecule has 5 heteroatoms. The van der Waals surface area contributed by atoms with Crippen LogP contribution >= 0.6 is 0 Å². The summed E-state index contributed by atoms with van der Waals surface area (Å²) in [5.74, 6) is 0.673. The quantitative estimate of drug-likeness (QED) is 0.806. The lowest BCUT2D eigenvalue weighted by molar-refractivity contribution is 0.374. The van der Waals surface area contributed by atoms with E-state index in [1.807, 2.05) is 37.1 Å². The fourth-order valence-electron chi connectivity index (χ4n) is 2.15. The van der Waals surface area contributed by atoms with Gasteiger partial charge in [0.15, 0.2) is 11.5 Å². The first-order chi connectivity index (χ1) is 9.97. The maximum absolute atomic E-state index is 10.1. The SMILES string of the molecule is CNc1cc(O)c(OC)c(N(C)c2ccc(C)c(O)c2)c1. The summed E-state index contributed by atoms with van der Waals surface area (Å²) in [6.45, 7) is 1.84. The molecule has 5 nitrogen and oxygen atoms in total. The molecule has 0 aliphatic rings.